The Bertz CT molecular complexity index is 688. The Balaban J connectivity index is 1.69. The molecule has 1 heterocycles. The number of benzene rings is 2. The molecule has 1 saturated heterocycles. The van der Waals surface area contributed by atoms with Gasteiger partial charge >= 0.3 is 0 Å². The van der Waals surface area contributed by atoms with Crippen LogP contribution in [0.25, 0.3) is 0 Å². The third-order valence-electron chi connectivity index (χ3n) is 4.77. The summed E-state index contributed by atoms with van der Waals surface area (Å²) in [7, 11) is 0. The van der Waals surface area contributed by atoms with Gasteiger partial charge in [0.1, 0.15) is 0 Å². The van der Waals surface area contributed by atoms with Crippen molar-refractivity contribution in [3.8, 4) is 0 Å². The Kier molecular flexibility index (Phi) is 5.87. The summed E-state index contributed by atoms with van der Waals surface area (Å²) in [6.45, 7) is 9.22. The Morgan fingerprint density at radius 2 is 1.56 bits per heavy atom. The molecule has 0 N–H and O–H groups in total. The molecule has 132 valence electrons. The predicted octanol–water partition coefficient (Wildman–Crippen LogP) is 3.69. The SMILES string of the molecule is CC(C)CN1CCN(C(=O)c2ccccc2Cc2ccccc2)CC1. The van der Waals surface area contributed by atoms with Crippen LogP contribution in [0.5, 0.6) is 0 Å². The van der Waals surface area contributed by atoms with Crippen LogP contribution in [0, 0.1) is 5.92 Å². The molecule has 0 aliphatic carbocycles. The summed E-state index contributed by atoms with van der Waals surface area (Å²) in [6, 6.07) is 18.4. The van der Waals surface area contributed by atoms with E-state index in [4.69, 9.17) is 0 Å². The average molecular weight is 336 g/mol. The van der Waals surface area contributed by atoms with Crippen molar-refractivity contribution < 1.29 is 4.79 Å². The molecule has 0 bridgehead atoms. The number of rotatable bonds is 5. The van der Waals surface area contributed by atoms with Gasteiger partial charge in [0, 0.05) is 38.3 Å². The molecule has 2 aromatic rings. The highest BCUT2D eigenvalue weighted by molar-refractivity contribution is 5.95. The fourth-order valence-corrected chi connectivity index (χ4v) is 3.52. The second-order valence-corrected chi connectivity index (χ2v) is 7.31. The van der Waals surface area contributed by atoms with Crippen molar-refractivity contribution >= 4 is 5.91 Å². The average Bonchev–Trinajstić information content (AvgIpc) is 2.63. The van der Waals surface area contributed by atoms with Gasteiger partial charge in [-0.05, 0) is 29.5 Å². The lowest BCUT2D eigenvalue weighted by Gasteiger charge is -2.35. The van der Waals surface area contributed by atoms with Crippen LogP contribution in [0.1, 0.15) is 35.3 Å². The number of amides is 1. The molecule has 1 aliphatic rings. The summed E-state index contributed by atoms with van der Waals surface area (Å²) >= 11 is 0. The summed E-state index contributed by atoms with van der Waals surface area (Å²) in [5.74, 6) is 0.851. The molecule has 2 aromatic carbocycles. The second kappa shape index (κ2) is 8.30. The number of hydrogen-bond donors (Lipinski definition) is 0. The van der Waals surface area contributed by atoms with E-state index in [9.17, 15) is 4.79 Å². The Morgan fingerprint density at radius 3 is 2.24 bits per heavy atom. The van der Waals surface area contributed by atoms with Crippen LogP contribution in [0.2, 0.25) is 0 Å². The van der Waals surface area contributed by atoms with Crippen LogP contribution in [0.15, 0.2) is 54.6 Å². The van der Waals surface area contributed by atoms with Crippen molar-refractivity contribution in [3.63, 3.8) is 0 Å². The van der Waals surface area contributed by atoms with Crippen molar-refractivity contribution in [1.82, 2.24) is 9.80 Å². The number of piperazine rings is 1. The molecule has 3 heteroatoms. The molecule has 0 aromatic heterocycles. The number of nitrogens with zero attached hydrogens (tertiary/aromatic N) is 2. The maximum Gasteiger partial charge on any atom is 0.254 e. The first-order valence-electron chi connectivity index (χ1n) is 9.27. The number of carbonyl (C=O) groups excluding carboxylic acids is 1. The van der Waals surface area contributed by atoms with E-state index in [-0.39, 0.29) is 5.91 Å². The molecule has 0 atom stereocenters. The van der Waals surface area contributed by atoms with Crippen molar-refractivity contribution in [3.05, 3.63) is 71.3 Å². The van der Waals surface area contributed by atoms with Crippen LogP contribution >= 0.6 is 0 Å². The van der Waals surface area contributed by atoms with E-state index in [2.05, 4.69) is 36.9 Å². The van der Waals surface area contributed by atoms with E-state index >= 15 is 0 Å². The van der Waals surface area contributed by atoms with Gasteiger partial charge < -0.3 is 4.90 Å². The van der Waals surface area contributed by atoms with E-state index in [0.717, 1.165) is 50.3 Å². The monoisotopic (exact) mass is 336 g/mol. The number of carbonyl (C=O) groups is 1. The molecule has 25 heavy (non-hydrogen) atoms. The van der Waals surface area contributed by atoms with Crippen LogP contribution in [-0.4, -0.2) is 48.4 Å². The van der Waals surface area contributed by atoms with Gasteiger partial charge in [0.05, 0.1) is 0 Å². The summed E-state index contributed by atoms with van der Waals surface area (Å²) in [6.07, 6.45) is 0.802. The molecular formula is C22H28N2O. The minimum Gasteiger partial charge on any atom is -0.336 e. The summed E-state index contributed by atoms with van der Waals surface area (Å²) in [5.41, 5.74) is 3.21. The van der Waals surface area contributed by atoms with E-state index in [0.29, 0.717) is 5.92 Å². The Morgan fingerprint density at radius 1 is 0.920 bits per heavy atom. The van der Waals surface area contributed by atoms with Gasteiger partial charge in [-0.3, -0.25) is 9.69 Å². The van der Waals surface area contributed by atoms with Gasteiger partial charge in [-0.2, -0.15) is 0 Å². The first-order chi connectivity index (χ1) is 12.1. The molecule has 1 fully saturated rings. The van der Waals surface area contributed by atoms with Gasteiger partial charge in [0.25, 0.3) is 5.91 Å². The summed E-state index contributed by atoms with van der Waals surface area (Å²) in [4.78, 5) is 17.5. The molecule has 0 radical (unpaired) electrons. The maximum absolute atomic E-state index is 13.0. The normalized spacial score (nSPS) is 15.6. The highest BCUT2D eigenvalue weighted by Crippen LogP contribution is 2.17. The Hall–Kier alpha value is -2.13. The topological polar surface area (TPSA) is 23.6 Å². The highest BCUT2D eigenvalue weighted by Gasteiger charge is 2.23. The second-order valence-electron chi connectivity index (χ2n) is 7.31. The van der Waals surface area contributed by atoms with Gasteiger partial charge in [-0.1, -0.05) is 62.4 Å². The fourth-order valence-electron chi connectivity index (χ4n) is 3.52. The Labute approximate surface area is 151 Å². The van der Waals surface area contributed by atoms with Crippen molar-refractivity contribution in [2.24, 2.45) is 5.92 Å². The molecular weight excluding hydrogens is 308 g/mol. The maximum atomic E-state index is 13.0. The van der Waals surface area contributed by atoms with E-state index in [1.54, 1.807) is 0 Å². The van der Waals surface area contributed by atoms with Crippen molar-refractivity contribution in [2.45, 2.75) is 20.3 Å². The molecule has 3 nitrogen and oxygen atoms in total. The van der Waals surface area contributed by atoms with Gasteiger partial charge in [0.2, 0.25) is 0 Å². The molecule has 0 spiro atoms. The zero-order valence-electron chi connectivity index (χ0n) is 15.3. The van der Waals surface area contributed by atoms with Crippen LogP contribution in [-0.2, 0) is 6.42 Å². The van der Waals surface area contributed by atoms with Crippen LogP contribution < -0.4 is 0 Å². The molecule has 0 saturated carbocycles. The lowest BCUT2D eigenvalue weighted by Crippen LogP contribution is -2.49. The van der Waals surface area contributed by atoms with Crippen LogP contribution in [0.4, 0.5) is 0 Å². The van der Waals surface area contributed by atoms with Gasteiger partial charge in [-0.25, -0.2) is 0 Å². The molecule has 0 unspecified atom stereocenters. The third-order valence-corrected chi connectivity index (χ3v) is 4.77. The van der Waals surface area contributed by atoms with E-state index in [1.165, 1.54) is 5.56 Å². The van der Waals surface area contributed by atoms with Gasteiger partial charge in [0.15, 0.2) is 0 Å². The quantitative estimate of drug-likeness (QED) is 0.831. The minimum absolute atomic E-state index is 0.177. The first-order valence-corrected chi connectivity index (χ1v) is 9.27. The lowest BCUT2D eigenvalue weighted by molar-refractivity contribution is 0.0623. The standard InChI is InChI=1S/C22H28N2O/c1-18(2)17-23-12-14-24(15-13-23)22(25)21-11-7-6-10-20(21)16-19-8-4-3-5-9-19/h3-11,18H,12-17H2,1-2H3. The van der Waals surface area contributed by atoms with Crippen LogP contribution in [0.3, 0.4) is 0 Å². The van der Waals surface area contributed by atoms with Crippen molar-refractivity contribution in [1.29, 1.82) is 0 Å². The third kappa shape index (κ3) is 4.70. The predicted molar refractivity (Wildman–Crippen MR) is 103 cm³/mol. The lowest BCUT2D eigenvalue weighted by atomic mass is 9.99. The smallest absolute Gasteiger partial charge is 0.254 e. The number of hydrogen-bond acceptors (Lipinski definition) is 2. The summed E-state index contributed by atoms with van der Waals surface area (Å²) in [5, 5.41) is 0. The van der Waals surface area contributed by atoms with Crippen molar-refractivity contribution in [2.75, 3.05) is 32.7 Å². The molecule has 1 amide bonds. The zero-order valence-corrected chi connectivity index (χ0v) is 15.3. The largest absolute Gasteiger partial charge is 0.336 e. The highest BCUT2D eigenvalue weighted by atomic mass is 16.2. The zero-order chi connectivity index (χ0) is 17.6. The van der Waals surface area contributed by atoms with Gasteiger partial charge in [-0.15, -0.1) is 0 Å². The molecule has 3 rings (SSSR count). The molecule has 1 aliphatic heterocycles. The minimum atomic E-state index is 0.177. The summed E-state index contributed by atoms with van der Waals surface area (Å²) < 4.78 is 0. The van der Waals surface area contributed by atoms with E-state index in [1.807, 2.05) is 41.3 Å². The first kappa shape index (κ1) is 17.7. The fraction of sp³-hybridized carbons (Fsp3) is 0.409. The van der Waals surface area contributed by atoms with E-state index < -0.39 is 0 Å².